The van der Waals surface area contributed by atoms with Gasteiger partial charge in [-0.05, 0) is 36.4 Å². The summed E-state index contributed by atoms with van der Waals surface area (Å²) in [5.74, 6) is -1.14. The van der Waals surface area contributed by atoms with Crippen LogP contribution in [-0.2, 0) is 29.2 Å². The maximum absolute atomic E-state index is 13.3. The van der Waals surface area contributed by atoms with Crippen molar-refractivity contribution in [3.05, 3.63) is 111 Å². The molecule has 2 aromatic carbocycles. The monoisotopic (exact) mass is 526 g/mol. The molecule has 0 radical (unpaired) electrons. The molecule has 3 aromatic rings. The lowest BCUT2D eigenvalue weighted by Crippen LogP contribution is -2.18. The Bertz CT molecular complexity index is 1300. The first-order chi connectivity index (χ1) is 18.3. The van der Waals surface area contributed by atoms with Gasteiger partial charge in [0, 0.05) is 43.4 Å². The molecule has 0 fully saturated rings. The van der Waals surface area contributed by atoms with Crippen LogP contribution in [0.2, 0.25) is 0 Å². The Morgan fingerprint density at radius 3 is 2.39 bits per heavy atom. The molecular weight excluding hydrogens is 494 g/mol. The van der Waals surface area contributed by atoms with Crippen molar-refractivity contribution in [3.8, 4) is 5.75 Å². The Morgan fingerprint density at radius 2 is 1.79 bits per heavy atom. The second-order valence-electron chi connectivity index (χ2n) is 8.06. The van der Waals surface area contributed by atoms with Gasteiger partial charge in [0.25, 0.3) is 5.56 Å². The minimum absolute atomic E-state index is 0.00171. The van der Waals surface area contributed by atoms with Gasteiger partial charge < -0.3 is 25.1 Å². The summed E-state index contributed by atoms with van der Waals surface area (Å²) in [6.07, 6.45) is 3.88. The van der Waals surface area contributed by atoms with E-state index in [9.17, 15) is 18.4 Å². The maximum Gasteiger partial charge on any atom is 0.250 e. The molecule has 202 valence electrons. The number of benzene rings is 2. The largest absolute Gasteiger partial charge is 0.494 e. The molecule has 0 aliphatic carbocycles. The van der Waals surface area contributed by atoms with E-state index in [1.807, 2.05) is 30.3 Å². The fraction of sp³-hybridized carbons (Fsp3) is 0.250. The van der Waals surface area contributed by atoms with Gasteiger partial charge in [0.1, 0.15) is 5.82 Å². The zero-order valence-corrected chi connectivity index (χ0v) is 21.6. The van der Waals surface area contributed by atoms with Gasteiger partial charge in [-0.1, -0.05) is 30.3 Å². The number of aromatic nitrogens is 1. The lowest BCUT2D eigenvalue weighted by Gasteiger charge is -2.07. The van der Waals surface area contributed by atoms with Crippen LogP contribution >= 0.6 is 0 Å². The number of carbonyl (C=O) groups is 1. The highest BCUT2D eigenvalue weighted by molar-refractivity contribution is 6.02. The van der Waals surface area contributed by atoms with E-state index in [1.54, 1.807) is 23.9 Å². The second-order valence-corrected chi connectivity index (χ2v) is 8.06. The molecule has 0 atom stereocenters. The van der Waals surface area contributed by atoms with Crippen LogP contribution in [0, 0.1) is 11.6 Å². The van der Waals surface area contributed by atoms with Gasteiger partial charge in [-0.2, -0.15) is 0 Å². The molecule has 0 saturated carbocycles. The minimum atomic E-state index is -0.642. The summed E-state index contributed by atoms with van der Waals surface area (Å²) >= 11 is 0. The van der Waals surface area contributed by atoms with Gasteiger partial charge in [0.05, 0.1) is 32.4 Å². The highest BCUT2D eigenvalue weighted by Crippen LogP contribution is 2.22. The van der Waals surface area contributed by atoms with Gasteiger partial charge in [-0.15, -0.1) is 0 Å². The number of pyridine rings is 1. The topological polar surface area (TPSA) is 108 Å². The highest BCUT2D eigenvalue weighted by Gasteiger charge is 2.12. The summed E-state index contributed by atoms with van der Waals surface area (Å²) in [5, 5.41) is 2.68. The zero-order chi connectivity index (χ0) is 27.9. The van der Waals surface area contributed by atoms with Crippen LogP contribution in [0.5, 0.6) is 5.75 Å². The van der Waals surface area contributed by atoms with Crippen LogP contribution in [0.25, 0.3) is 0 Å². The van der Waals surface area contributed by atoms with Gasteiger partial charge in [-0.3, -0.25) is 14.6 Å². The molecule has 3 N–H and O–H groups in total. The van der Waals surface area contributed by atoms with Crippen molar-refractivity contribution in [1.29, 1.82) is 0 Å². The standard InChI is InChI=1S/C19H21N3O3.C9H11F2NO/c1-25-14-18(20)17(13-23)11-21-10-15-5-7-16(8-6-15)12-22-9-3-2-4-19(22)24;1-12-5-6-7(10)3-4-8(13-2)9(6)11/h2-9,11,13H,10,12,14,20H2,1H3;3-4,12H,5H2,1-2H3/b18-17+,21-11?;. The first-order valence-electron chi connectivity index (χ1n) is 11.7. The molecule has 0 aliphatic rings. The first kappa shape index (κ1) is 30.1. The summed E-state index contributed by atoms with van der Waals surface area (Å²) < 4.78 is 37.6. The molecule has 1 aromatic heterocycles. The van der Waals surface area contributed by atoms with Gasteiger partial charge in [-0.25, -0.2) is 8.78 Å². The van der Waals surface area contributed by atoms with Crippen LogP contribution < -0.4 is 21.3 Å². The molecule has 0 aliphatic heterocycles. The van der Waals surface area contributed by atoms with Crippen LogP contribution in [0.4, 0.5) is 8.78 Å². The van der Waals surface area contributed by atoms with Crippen molar-refractivity contribution >= 4 is 12.5 Å². The van der Waals surface area contributed by atoms with E-state index < -0.39 is 11.6 Å². The van der Waals surface area contributed by atoms with Crippen molar-refractivity contribution < 1.29 is 23.0 Å². The normalized spacial score (nSPS) is 11.5. The number of allylic oxidation sites excluding steroid dienone is 1. The molecule has 0 bridgehead atoms. The molecule has 8 nitrogen and oxygen atoms in total. The third kappa shape index (κ3) is 9.06. The summed E-state index contributed by atoms with van der Waals surface area (Å²) in [4.78, 5) is 27.0. The van der Waals surface area contributed by atoms with E-state index >= 15 is 0 Å². The molecule has 0 spiro atoms. The number of halogens is 2. The molecular formula is C28H32F2N4O4. The van der Waals surface area contributed by atoms with Gasteiger partial charge in [0.2, 0.25) is 0 Å². The lowest BCUT2D eigenvalue weighted by atomic mass is 10.1. The molecule has 0 amide bonds. The molecule has 0 unspecified atom stereocenters. The maximum atomic E-state index is 13.3. The average Bonchev–Trinajstić information content (AvgIpc) is 2.92. The Hall–Kier alpha value is -4.15. The SMILES string of the molecule is CNCc1c(F)ccc(OC)c1F.COC/C(N)=C(\C=O)C=NCc1ccc(Cn2ccccc2=O)cc1. The Balaban J connectivity index is 0.000000328. The van der Waals surface area contributed by atoms with Gasteiger partial charge >= 0.3 is 0 Å². The van der Waals surface area contributed by atoms with Crippen molar-refractivity contribution in [2.75, 3.05) is 27.9 Å². The fourth-order valence-electron chi connectivity index (χ4n) is 3.29. The first-order valence-corrected chi connectivity index (χ1v) is 11.7. The second kappa shape index (κ2) is 15.9. The smallest absolute Gasteiger partial charge is 0.250 e. The minimum Gasteiger partial charge on any atom is -0.494 e. The van der Waals surface area contributed by atoms with Crippen molar-refractivity contribution in [3.63, 3.8) is 0 Å². The van der Waals surface area contributed by atoms with Crippen molar-refractivity contribution in [1.82, 2.24) is 9.88 Å². The number of nitrogens with one attached hydrogen (secondary N) is 1. The number of ether oxygens (including phenoxy) is 2. The lowest BCUT2D eigenvalue weighted by molar-refractivity contribution is -0.104. The van der Waals surface area contributed by atoms with E-state index in [0.717, 1.165) is 11.1 Å². The van der Waals surface area contributed by atoms with E-state index in [1.165, 1.54) is 38.6 Å². The summed E-state index contributed by atoms with van der Waals surface area (Å²) in [5.41, 5.74) is 8.40. The predicted octanol–water partition coefficient (Wildman–Crippen LogP) is 3.22. The molecule has 0 saturated heterocycles. The van der Waals surface area contributed by atoms with Crippen molar-refractivity contribution in [2.45, 2.75) is 19.6 Å². The van der Waals surface area contributed by atoms with E-state index in [4.69, 9.17) is 15.2 Å². The van der Waals surface area contributed by atoms with E-state index in [2.05, 4.69) is 10.3 Å². The number of nitrogens with two attached hydrogens (primary N) is 1. The Kier molecular flexibility index (Phi) is 12.5. The number of aliphatic imine (C=N–C) groups is 1. The van der Waals surface area contributed by atoms with Crippen LogP contribution in [0.1, 0.15) is 16.7 Å². The third-order valence-corrected chi connectivity index (χ3v) is 5.30. The van der Waals surface area contributed by atoms with E-state index in [-0.39, 0.29) is 30.0 Å². The fourth-order valence-corrected chi connectivity index (χ4v) is 3.29. The summed E-state index contributed by atoms with van der Waals surface area (Å²) in [6.45, 7) is 1.29. The number of hydrogen-bond acceptors (Lipinski definition) is 7. The Labute approximate surface area is 220 Å². The average molecular weight is 527 g/mol. The van der Waals surface area contributed by atoms with E-state index in [0.29, 0.717) is 30.6 Å². The highest BCUT2D eigenvalue weighted by atomic mass is 19.1. The number of rotatable bonds is 11. The number of nitrogens with zero attached hydrogens (tertiary/aromatic N) is 2. The predicted molar refractivity (Wildman–Crippen MR) is 143 cm³/mol. The van der Waals surface area contributed by atoms with Gasteiger partial charge in [0.15, 0.2) is 17.9 Å². The molecule has 10 heteroatoms. The summed E-state index contributed by atoms with van der Waals surface area (Å²) in [7, 11) is 4.48. The quantitative estimate of drug-likeness (QED) is 0.226. The van der Waals surface area contributed by atoms with Crippen molar-refractivity contribution in [2.24, 2.45) is 10.7 Å². The number of hydrogen-bond donors (Lipinski definition) is 2. The van der Waals surface area contributed by atoms with Crippen LogP contribution in [0.3, 0.4) is 0 Å². The molecule has 38 heavy (non-hydrogen) atoms. The summed E-state index contributed by atoms with van der Waals surface area (Å²) in [6, 6.07) is 15.4. The number of methoxy groups -OCH3 is 2. The zero-order valence-electron chi connectivity index (χ0n) is 21.6. The van der Waals surface area contributed by atoms with Crippen LogP contribution in [-0.4, -0.2) is 44.9 Å². The number of carbonyl (C=O) groups excluding carboxylic acids is 1. The third-order valence-electron chi connectivity index (χ3n) is 5.30. The van der Waals surface area contributed by atoms with Crippen LogP contribution in [0.15, 0.2) is 81.9 Å². The molecule has 1 heterocycles. The molecule has 3 rings (SSSR count). The number of aldehydes is 1. The Morgan fingerprint density at radius 1 is 1.08 bits per heavy atom.